The van der Waals surface area contributed by atoms with Crippen molar-refractivity contribution >= 4 is 44.5 Å². The maximum absolute atomic E-state index is 11.7. The van der Waals surface area contributed by atoms with E-state index in [1.165, 1.54) is 0 Å². The lowest BCUT2D eigenvalue weighted by molar-refractivity contribution is -0.107. The average molecular weight is 253 g/mol. The molecule has 1 N–H and O–H groups in total. The highest BCUT2D eigenvalue weighted by Crippen LogP contribution is 2.37. The normalized spacial score (nSPS) is 14.7. The molecule has 4 rings (SSSR count). The van der Waals surface area contributed by atoms with Crippen molar-refractivity contribution in [1.29, 1.82) is 0 Å². The molecule has 0 radical (unpaired) electrons. The number of rotatable bonds is 0. The summed E-state index contributed by atoms with van der Waals surface area (Å²) >= 11 is 1.02. The second-order valence-corrected chi connectivity index (χ2v) is 5.30. The van der Waals surface area contributed by atoms with Crippen molar-refractivity contribution in [2.45, 2.75) is 4.90 Å². The first kappa shape index (κ1) is 9.91. The first-order valence-corrected chi connectivity index (χ1v) is 6.37. The van der Waals surface area contributed by atoms with Gasteiger partial charge in [-0.2, -0.15) is 0 Å². The highest BCUT2D eigenvalue weighted by molar-refractivity contribution is 8.16. The SMILES string of the molecule is O=C1Sc2cc3[nH]c4ccccc4c3cc2C1=O. The van der Waals surface area contributed by atoms with E-state index < -0.39 is 0 Å². The van der Waals surface area contributed by atoms with Crippen molar-refractivity contribution in [3.05, 3.63) is 42.0 Å². The van der Waals surface area contributed by atoms with E-state index in [1.54, 1.807) is 0 Å². The van der Waals surface area contributed by atoms with Crippen molar-refractivity contribution < 1.29 is 9.59 Å². The molecule has 2 heterocycles. The molecule has 1 aliphatic rings. The first-order chi connectivity index (χ1) is 8.74. The van der Waals surface area contributed by atoms with Gasteiger partial charge in [-0.25, -0.2) is 0 Å². The molecule has 1 aliphatic heterocycles. The maximum Gasteiger partial charge on any atom is 0.264 e. The van der Waals surface area contributed by atoms with E-state index >= 15 is 0 Å². The van der Waals surface area contributed by atoms with Crippen molar-refractivity contribution in [3.8, 4) is 0 Å². The zero-order chi connectivity index (χ0) is 12.3. The van der Waals surface area contributed by atoms with Crippen LogP contribution in [0, 0.1) is 0 Å². The molecule has 0 saturated heterocycles. The molecule has 0 bridgehead atoms. The van der Waals surface area contributed by atoms with Crippen LogP contribution in [0.2, 0.25) is 0 Å². The molecule has 0 unspecified atom stereocenters. The third-order valence-corrected chi connectivity index (χ3v) is 4.17. The van der Waals surface area contributed by atoms with Gasteiger partial charge in [0.05, 0.1) is 0 Å². The van der Waals surface area contributed by atoms with Gasteiger partial charge in [-0.05, 0) is 30.0 Å². The third kappa shape index (κ3) is 1.15. The minimum atomic E-state index is -0.387. The number of hydrogen-bond acceptors (Lipinski definition) is 3. The molecule has 0 atom stereocenters. The Morgan fingerprint density at radius 2 is 1.78 bits per heavy atom. The van der Waals surface area contributed by atoms with Crippen LogP contribution in [0.15, 0.2) is 41.3 Å². The number of carbonyl (C=O) groups excluding carboxylic acids is 2. The minimum Gasteiger partial charge on any atom is -0.354 e. The summed E-state index contributed by atoms with van der Waals surface area (Å²) in [5.41, 5.74) is 2.53. The summed E-state index contributed by atoms with van der Waals surface area (Å²) in [6, 6.07) is 11.6. The van der Waals surface area contributed by atoms with Gasteiger partial charge in [0.25, 0.3) is 5.12 Å². The van der Waals surface area contributed by atoms with E-state index in [9.17, 15) is 9.59 Å². The molecule has 2 aromatic carbocycles. The number of hydrogen-bond donors (Lipinski definition) is 1. The fraction of sp³-hybridized carbons (Fsp3) is 0. The molecule has 86 valence electrons. The zero-order valence-electron chi connectivity index (χ0n) is 9.19. The number of nitrogens with one attached hydrogen (secondary N) is 1. The molecular weight excluding hydrogens is 246 g/mol. The summed E-state index contributed by atoms with van der Waals surface area (Å²) in [7, 11) is 0. The molecular formula is C14H7NO2S. The van der Waals surface area contributed by atoms with Crippen LogP contribution in [0.4, 0.5) is 0 Å². The van der Waals surface area contributed by atoms with Crippen LogP contribution in [0.1, 0.15) is 10.4 Å². The van der Waals surface area contributed by atoms with E-state index in [1.807, 2.05) is 36.4 Å². The second kappa shape index (κ2) is 3.23. The van der Waals surface area contributed by atoms with E-state index in [-0.39, 0.29) is 10.9 Å². The number of aromatic amines is 1. The molecule has 0 aliphatic carbocycles. The Balaban J connectivity index is 2.15. The number of benzene rings is 2. The van der Waals surface area contributed by atoms with Crippen LogP contribution in [0.25, 0.3) is 21.8 Å². The van der Waals surface area contributed by atoms with Crippen molar-refractivity contribution in [2.24, 2.45) is 0 Å². The summed E-state index contributed by atoms with van der Waals surface area (Å²) in [5.74, 6) is -0.387. The lowest BCUT2D eigenvalue weighted by Crippen LogP contribution is -2.01. The highest BCUT2D eigenvalue weighted by Gasteiger charge is 2.30. The predicted molar refractivity (Wildman–Crippen MR) is 71.0 cm³/mol. The van der Waals surface area contributed by atoms with Gasteiger partial charge in [0, 0.05) is 32.3 Å². The van der Waals surface area contributed by atoms with Crippen LogP contribution in [0.3, 0.4) is 0 Å². The number of para-hydroxylation sites is 1. The Bertz CT molecular complexity index is 847. The molecule has 0 saturated carbocycles. The summed E-state index contributed by atoms with van der Waals surface area (Å²) in [6.45, 7) is 0. The van der Waals surface area contributed by atoms with Gasteiger partial charge in [-0.3, -0.25) is 9.59 Å². The Morgan fingerprint density at radius 3 is 2.67 bits per heavy atom. The quantitative estimate of drug-likeness (QED) is 0.626. The lowest BCUT2D eigenvalue weighted by Gasteiger charge is -1.96. The fourth-order valence-corrected chi connectivity index (χ4v) is 3.24. The molecule has 3 nitrogen and oxygen atoms in total. The van der Waals surface area contributed by atoms with Crippen molar-refractivity contribution in [2.75, 3.05) is 0 Å². The Morgan fingerprint density at radius 1 is 0.944 bits per heavy atom. The average Bonchev–Trinajstić information content (AvgIpc) is 2.86. The Hall–Kier alpha value is -2.07. The van der Waals surface area contributed by atoms with Gasteiger partial charge >= 0.3 is 0 Å². The maximum atomic E-state index is 11.7. The lowest BCUT2D eigenvalue weighted by atomic mass is 10.1. The zero-order valence-corrected chi connectivity index (χ0v) is 10.0. The summed E-state index contributed by atoms with van der Waals surface area (Å²) in [6.07, 6.45) is 0. The number of ketones is 1. The summed E-state index contributed by atoms with van der Waals surface area (Å²) < 4.78 is 0. The van der Waals surface area contributed by atoms with Crippen LogP contribution >= 0.6 is 11.8 Å². The van der Waals surface area contributed by atoms with Gasteiger partial charge in [0.2, 0.25) is 5.78 Å². The van der Waals surface area contributed by atoms with E-state index in [0.29, 0.717) is 5.56 Å². The highest BCUT2D eigenvalue weighted by atomic mass is 32.2. The smallest absolute Gasteiger partial charge is 0.264 e. The van der Waals surface area contributed by atoms with Gasteiger partial charge in [-0.1, -0.05) is 18.2 Å². The minimum absolute atomic E-state index is 0.387. The van der Waals surface area contributed by atoms with E-state index in [2.05, 4.69) is 4.98 Å². The predicted octanol–water partition coefficient (Wildman–Crippen LogP) is 3.14. The van der Waals surface area contributed by atoms with Crippen LogP contribution in [-0.2, 0) is 4.79 Å². The van der Waals surface area contributed by atoms with Gasteiger partial charge in [0.1, 0.15) is 0 Å². The van der Waals surface area contributed by atoms with Gasteiger partial charge in [0.15, 0.2) is 0 Å². The molecule has 18 heavy (non-hydrogen) atoms. The Labute approximate surface area is 106 Å². The Kier molecular flexibility index (Phi) is 1.78. The summed E-state index contributed by atoms with van der Waals surface area (Å²) in [5, 5.41) is 1.68. The standard InChI is InChI=1S/C14H7NO2S/c16-13-9-5-8-7-3-1-2-4-10(7)15-11(8)6-12(9)18-14(13)17/h1-6,15H. The molecule has 0 spiro atoms. The molecule has 0 amide bonds. The largest absolute Gasteiger partial charge is 0.354 e. The topological polar surface area (TPSA) is 49.9 Å². The van der Waals surface area contributed by atoms with Crippen LogP contribution < -0.4 is 0 Å². The fourth-order valence-electron chi connectivity index (χ4n) is 2.40. The molecule has 3 aromatic rings. The van der Waals surface area contributed by atoms with Crippen molar-refractivity contribution in [3.63, 3.8) is 0 Å². The number of carbonyl (C=O) groups is 2. The third-order valence-electron chi connectivity index (χ3n) is 3.24. The molecule has 4 heteroatoms. The van der Waals surface area contributed by atoms with E-state index in [0.717, 1.165) is 38.5 Å². The number of Topliss-reactive ketones (excluding diaryl/α,β-unsaturated/α-hetero) is 1. The van der Waals surface area contributed by atoms with Crippen molar-refractivity contribution in [1.82, 2.24) is 4.98 Å². The van der Waals surface area contributed by atoms with Gasteiger partial charge < -0.3 is 4.98 Å². The molecule has 1 aromatic heterocycles. The molecule has 0 fully saturated rings. The van der Waals surface area contributed by atoms with Crippen LogP contribution in [0.5, 0.6) is 0 Å². The second-order valence-electron chi connectivity index (χ2n) is 4.28. The number of aromatic nitrogens is 1. The van der Waals surface area contributed by atoms with Gasteiger partial charge in [-0.15, -0.1) is 0 Å². The van der Waals surface area contributed by atoms with Crippen LogP contribution in [-0.4, -0.2) is 15.9 Å². The number of H-pyrrole nitrogens is 1. The number of thioether (sulfide) groups is 1. The van der Waals surface area contributed by atoms with E-state index in [4.69, 9.17) is 0 Å². The first-order valence-electron chi connectivity index (χ1n) is 5.55. The number of fused-ring (bicyclic) bond motifs is 4. The summed E-state index contributed by atoms with van der Waals surface area (Å²) in [4.78, 5) is 27.2. The monoisotopic (exact) mass is 253 g/mol.